The molecule has 11 heteroatoms. The molecule has 0 fully saturated rings. The number of hydrogen-bond acceptors (Lipinski definition) is 6. The van der Waals surface area contributed by atoms with Gasteiger partial charge in [0.1, 0.15) is 17.3 Å². The second-order valence-corrected chi connectivity index (χ2v) is 11.0. The zero-order valence-electron chi connectivity index (χ0n) is 23.4. The van der Waals surface area contributed by atoms with E-state index in [0.717, 1.165) is 23.5 Å². The first-order chi connectivity index (χ1) is 21.1. The van der Waals surface area contributed by atoms with Crippen molar-refractivity contribution in [1.82, 2.24) is 4.57 Å². The molecule has 0 aliphatic carbocycles. The molecule has 5 aromatic rings. The van der Waals surface area contributed by atoms with Crippen molar-refractivity contribution in [3.63, 3.8) is 0 Å². The Morgan fingerprint density at radius 2 is 1.77 bits per heavy atom. The summed E-state index contributed by atoms with van der Waals surface area (Å²) in [6.07, 6.45) is -2.97. The third-order valence-electron chi connectivity index (χ3n) is 7.10. The lowest BCUT2D eigenvalue weighted by Gasteiger charge is -2.25. The number of thiazole rings is 1. The molecule has 222 valence electrons. The van der Waals surface area contributed by atoms with E-state index in [0.29, 0.717) is 33.1 Å². The highest BCUT2D eigenvalue weighted by Gasteiger charge is 2.33. The van der Waals surface area contributed by atoms with Crippen LogP contribution in [0.1, 0.15) is 29.9 Å². The van der Waals surface area contributed by atoms with E-state index < -0.39 is 29.2 Å². The van der Waals surface area contributed by atoms with Gasteiger partial charge in [-0.25, -0.2) is 4.99 Å². The van der Waals surface area contributed by atoms with E-state index in [2.05, 4.69) is 10.3 Å². The predicted molar refractivity (Wildman–Crippen MR) is 161 cm³/mol. The molecule has 3 aromatic carbocycles. The molecule has 0 saturated carbocycles. The van der Waals surface area contributed by atoms with Gasteiger partial charge in [0.15, 0.2) is 4.80 Å². The Labute approximate surface area is 252 Å². The maximum atomic E-state index is 13.9. The Bertz CT molecular complexity index is 2080. The summed E-state index contributed by atoms with van der Waals surface area (Å²) in [6, 6.07) is 23.3. The minimum absolute atomic E-state index is 0.224. The summed E-state index contributed by atoms with van der Waals surface area (Å²) >= 11 is 1.12. The van der Waals surface area contributed by atoms with E-state index in [1.54, 1.807) is 74.7 Å². The number of hydrogen-bond donors (Lipinski definition) is 1. The average Bonchev–Trinajstić information content (AvgIpc) is 3.60. The number of anilines is 1. The number of alkyl halides is 3. The number of nitrogens with one attached hydrogen (secondary N) is 1. The van der Waals surface area contributed by atoms with Crippen LogP contribution < -0.4 is 24.9 Å². The summed E-state index contributed by atoms with van der Waals surface area (Å²) in [6.45, 7) is 1.72. The number of halogens is 3. The highest BCUT2D eigenvalue weighted by molar-refractivity contribution is 7.07. The number of methoxy groups -OCH3 is 1. The van der Waals surface area contributed by atoms with Crippen LogP contribution in [0.4, 0.5) is 18.9 Å². The van der Waals surface area contributed by atoms with Gasteiger partial charge in [-0.2, -0.15) is 13.2 Å². The van der Waals surface area contributed by atoms with Gasteiger partial charge in [0, 0.05) is 17.3 Å². The Kier molecular flexibility index (Phi) is 7.56. The SMILES string of the molecule is COc1ccc([C@H]2C(C(=O)Nc3ccccc3)=C(C)N=c3s/c(=C/c4ccc(-c5cccc(C(F)(F)F)c5)o4)c(=O)n32)cc1. The number of ether oxygens (including phenoxy) is 1. The summed E-state index contributed by atoms with van der Waals surface area (Å²) < 4.78 is 52.6. The number of para-hydroxylation sites is 1. The van der Waals surface area contributed by atoms with Crippen LogP contribution in [0.3, 0.4) is 0 Å². The molecule has 0 saturated heterocycles. The molecule has 0 bridgehead atoms. The van der Waals surface area contributed by atoms with Crippen LogP contribution in [0.15, 0.2) is 116 Å². The van der Waals surface area contributed by atoms with Gasteiger partial charge in [-0.05, 0) is 61.0 Å². The number of carbonyl (C=O) groups is 1. The van der Waals surface area contributed by atoms with Gasteiger partial charge in [-0.15, -0.1) is 0 Å². The van der Waals surface area contributed by atoms with Crippen LogP contribution in [-0.2, 0) is 11.0 Å². The number of carbonyl (C=O) groups excluding carboxylic acids is 1. The largest absolute Gasteiger partial charge is 0.497 e. The molecule has 2 aromatic heterocycles. The van der Waals surface area contributed by atoms with Gasteiger partial charge in [0.2, 0.25) is 0 Å². The van der Waals surface area contributed by atoms with E-state index in [1.165, 1.54) is 22.8 Å². The van der Waals surface area contributed by atoms with Gasteiger partial charge in [-0.3, -0.25) is 14.2 Å². The van der Waals surface area contributed by atoms with E-state index in [4.69, 9.17) is 9.15 Å². The van der Waals surface area contributed by atoms with Crippen LogP contribution in [0.25, 0.3) is 17.4 Å². The Hall–Kier alpha value is -5.16. The number of aromatic nitrogens is 1. The molecule has 1 N–H and O–H groups in total. The monoisotopic (exact) mass is 615 g/mol. The van der Waals surface area contributed by atoms with Gasteiger partial charge in [-0.1, -0.05) is 53.8 Å². The predicted octanol–water partition coefficient (Wildman–Crippen LogP) is 6.16. The number of allylic oxidation sites excluding steroid dienone is 1. The lowest BCUT2D eigenvalue weighted by atomic mass is 9.95. The summed E-state index contributed by atoms with van der Waals surface area (Å²) in [4.78, 5) is 32.6. The molecule has 0 unspecified atom stereocenters. The van der Waals surface area contributed by atoms with Crippen molar-refractivity contribution >= 4 is 29.0 Å². The summed E-state index contributed by atoms with van der Waals surface area (Å²) in [7, 11) is 1.55. The second kappa shape index (κ2) is 11.5. The average molecular weight is 616 g/mol. The van der Waals surface area contributed by atoms with Crippen LogP contribution in [0.5, 0.6) is 5.75 Å². The second-order valence-electron chi connectivity index (χ2n) is 9.96. The van der Waals surface area contributed by atoms with Gasteiger partial charge in [0.05, 0.1) is 34.5 Å². The first-order valence-corrected chi connectivity index (χ1v) is 14.2. The fraction of sp³-hybridized carbons (Fsp3) is 0.121. The fourth-order valence-corrected chi connectivity index (χ4v) is 6.02. The Morgan fingerprint density at radius 1 is 1.02 bits per heavy atom. The van der Waals surface area contributed by atoms with E-state index >= 15 is 0 Å². The van der Waals surface area contributed by atoms with E-state index in [-0.39, 0.29) is 21.6 Å². The topological polar surface area (TPSA) is 85.8 Å². The van der Waals surface area contributed by atoms with Crippen molar-refractivity contribution in [2.24, 2.45) is 4.99 Å². The maximum absolute atomic E-state index is 13.9. The van der Waals surface area contributed by atoms with Crippen LogP contribution in [-0.4, -0.2) is 17.6 Å². The molecule has 6 rings (SSSR count). The molecule has 1 amide bonds. The minimum atomic E-state index is -4.49. The molecule has 1 atom stereocenters. The molecule has 7 nitrogen and oxygen atoms in total. The molecule has 1 aliphatic rings. The third-order valence-corrected chi connectivity index (χ3v) is 8.09. The molecular weight excluding hydrogens is 591 g/mol. The molecule has 0 spiro atoms. The maximum Gasteiger partial charge on any atom is 0.416 e. The fourth-order valence-electron chi connectivity index (χ4n) is 5.00. The molecule has 0 radical (unpaired) electrons. The van der Waals surface area contributed by atoms with Crippen LogP contribution in [0, 0.1) is 0 Å². The quantitative estimate of drug-likeness (QED) is 0.248. The summed E-state index contributed by atoms with van der Waals surface area (Å²) in [5.74, 6) is 0.722. The van der Waals surface area contributed by atoms with Crippen LogP contribution in [0.2, 0.25) is 0 Å². The number of rotatable bonds is 6. The van der Waals surface area contributed by atoms with Crippen LogP contribution >= 0.6 is 11.3 Å². The molecule has 44 heavy (non-hydrogen) atoms. The lowest BCUT2D eigenvalue weighted by molar-refractivity contribution is -0.137. The number of fused-ring (bicyclic) bond motifs is 1. The highest BCUT2D eigenvalue weighted by Crippen LogP contribution is 2.34. The van der Waals surface area contributed by atoms with Crippen molar-refractivity contribution in [3.8, 4) is 17.1 Å². The van der Waals surface area contributed by atoms with Crippen molar-refractivity contribution in [2.45, 2.75) is 19.1 Å². The normalized spacial score (nSPS) is 15.1. The number of furan rings is 1. The Morgan fingerprint density at radius 3 is 2.48 bits per heavy atom. The third kappa shape index (κ3) is 5.61. The van der Waals surface area contributed by atoms with Crippen molar-refractivity contribution in [2.75, 3.05) is 12.4 Å². The summed E-state index contributed by atoms with van der Waals surface area (Å²) in [5.41, 5.74) is 1.10. The van der Waals surface area contributed by atoms with E-state index in [9.17, 15) is 22.8 Å². The molecule has 1 aliphatic heterocycles. The zero-order chi connectivity index (χ0) is 31.0. The van der Waals surface area contributed by atoms with Crippen molar-refractivity contribution in [1.29, 1.82) is 0 Å². The van der Waals surface area contributed by atoms with E-state index in [1.807, 2.05) is 6.07 Å². The number of benzene rings is 3. The summed E-state index contributed by atoms with van der Waals surface area (Å²) in [5, 5.41) is 2.91. The number of amides is 1. The van der Waals surface area contributed by atoms with Gasteiger partial charge < -0.3 is 14.5 Å². The van der Waals surface area contributed by atoms with Crippen molar-refractivity contribution in [3.05, 3.63) is 139 Å². The first kappa shape index (κ1) is 28.9. The highest BCUT2D eigenvalue weighted by atomic mass is 32.1. The minimum Gasteiger partial charge on any atom is -0.497 e. The standard InChI is InChI=1S/C33H24F3N3O4S/c1-19-28(30(40)38-23-9-4-3-5-10-23)29(20-11-13-24(42-2)14-12-20)39-31(41)27(44-32(39)37-19)18-25-15-16-26(43-25)21-7-6-8-22(17-21)33(34,35)36/h3-18,29H,1-2H3,(H,38,40)/b27-18+/t29-/m0/s1. The number of nitrogens with zero attached hydrogens (tertiary/aromatic N) is 2. The van der Waals surface area contributed by atoms with Crippen molar-refractivity contribution < 1.29 is 27.1 Å². The van der Waals surface area contributed by atoms with Gasteiger partial charge >= 0.3 is 6.18 Å². The first-order valence-electron chi connectivity index (χ1n) is 13.4. The zero-order valence-corrected chi connectivity index (χ0v) is 24.2. The lowest BCUT2D eigenvalue weighted by Crippen LogP contribution is -2.40. The smallest absolute Gasteiger partial charge is 0.416 e. The van der Waals surface area contributed by atoms with Gasteiger partial charge in [0.25, 0.3) is 11.5 Å². The Balaban J connectivity index is 1.43. The molecule has 3 heterocycles. The molecular formula is C33H24F3N3O4S.